The van der Waals surface area contributed by atoms with E-state index in [4.69, 9.17) is 10.5 Å². The largest absolute Gasteiger partial charge is 0.456 e. The SMILES string of the molecule is CCCN(CCC)C(=O)c1cc(C)cc(C(=O)OC(CNC(CCC2CCCCC2)C2CCCCC2)C(N)Cc2cc(F)cc(F)c2)c1. The number of nitrogens with zero attached hydrogens (tertiary/aromatic N) is 1. The lowest BCUT2D eigenvalue weighted by atomic mass is 9.79. The van der Waals surface area contributed by atoms with Crippen molar-refractivity contribution in [2.45, 2.75) is 135 Å². The molecule has 3 N–H and O–H groups in total. The molecule has 2 aliphatic carbocycles. The molecule has 2 aliphatic rings. The molecule has 0 bridgehead atoms. The van der Waals surface area contributed by atoms with Gasteiger partial charge in [-0.3, -0.25) is 4.79 Å². The number of halogens is 2. The topological polar surface area (TPSA) is 84.7 Å². The van der Waals surface area contributed by atoms with Crippen LogP contribution in [0.1, 0.15) is 136 Å². The van der Waals surface area contributed by atoms with Gasteiger partial charge in [0.15, 0.2) is 0 Å². The van der Waals surface area contributed by atoms with Gasteiger partial charge in [-0.15, -0.1) is 0 Å². The lowest BCUT2D eigenvalue weighted by Gasteiger charge is -2.34. The highest BCUT2D eigenvalue weighted by Gasteiger charge is 2.29. The van der Waals surface area contributed by atoms with Crippen LogP contribution < -0.4 is 11.1 Å². The summed E-state index contributed by atoms with van der Waals surface area (Å²) in [6, 6.07) is 8.14. The van der Waals surface area contributed by atoms with E-state index in [2.05, 4.69) is 5.32 Å². The minimum atomic E-state index is -0.749. The molecule has 2 fully saturated rings. The molecule has 1 amide bonds. The van der Waals surface area contributed by atoms with Crippen molar-refractivity contribution in [1.29, 1.82) is 0 Å². The number of benzene rings is 2. The molecule has 0 aliphatic heterocycles. The van der Waals surface area contributed by atoms with Gasteiger partial charge in [0.05, 0.1) is 5.56 Å². The van der Waals surface area contributed by atoms with Crippen LogP contribution >= 0.6 is 0 Å². The van der Waals surface area contributed by atoms with Crippen LogP contribution in [0.25, 0.3) is 0 Å². The Balaban J connectivity index is 1.54. The van der Waals surface area contributed by atoms with Gasteiger partial charge < -0.3 is 20.7 Å². The van der Waals surface area contributed by atoms with Crippen LogP contribution in [0, 0.1) is 30.4 Å². The summed E-state index contributed by atoms with van der Waals surface area (Å²) in [5.41, 5.74) is 8.67. The minimum Gasteiger partial charge on any atom is -0.456 e. The fourth-order valence-electron chi connectivity index (χ4n) is 7.88. The predicted octanol–water partition coefficient (Wildman–Crippen LogP) is 8.53. The van der Waals surface area contributed by atoms with Crippen molar-refractivity contribution in [2.24, 2.45) is 17.6 Å². The van der Waals surface area contributed by atoms with Crippen molar-refractivity contribution in [3.05, 3.63) is 70.3 Å². The van der Waals surface area contributed by atoms with E-state index in [0.717, 1.165) is 36.8 Å². The first-order valence-corrected chi connectivity index (χ1v) is 18.7. The Labute approximate surface area is 287 Å². The molecule has 8 heteroatoms. The third kappa shape index (κ3) is 11.6. The number of rotatable bonds is 17. The molecule has 6 nitrogen and oxygen atoms in total. The Morgan fingerprint density at radius 3 is 2.10 bits per heavy atom. The van der Waals surface area contributed by atoms with Crippen LogP contribution in [0.4, 0.5) is 8.78 Å². The van der Waals surface area contributed by atoms with E-state index in [1.807, 2.05) is 31.7 Å². The second-order valence-corrected chi connectivity index (χ2v) is 14.5. The van der Waals surface area contributed by atoms with E-state index in [1.165, 1.54) is 82.8 Å². The monoisotopic (exact) mass is 667 g/mol. The summed E-state index contributed by atoms with van der Waals surface area (Å²) in [7, 11) is 0. The Bertz CT molecular complexity index is 1280. The molecule has 2 aromatic carbocycles. The number of nitrogens with one attached hydrogen (secondary N) is 1. The van der Waals surface area contributed by atoms with E-state index >= 15 is 0 Å². The van der Waals surface area contributed by atoms with Gasteiger partial charge >= 0.3 is 5.97 Å². The zero-order valence-electron chi connectivity index (χ0n) is 29.6. The Morgan fingerprint density at radius 2 is 1.48 bits per heavy atom. The summed E-state index contributed by atoms with van der Waals surface area (Å²) in [6.07, 6.45) is 16.1. The first kappa shape index (κ1) is 38.0. The van der Waals surface area contributed by atoms with Crippen LogP contribution in [0.3, 0.4) is 0 Å². The smallest absolute Gasteiger partial charge is 0.338 e. The number of hydrogen-bond donors (Lipinski definition) is 2. The molecular formula is C40H59F2N3O3. The Kier molecular flexibility index (Phi) is 15.3. The Morgan fingerprint density at radius 1 is 0.875 bits per heavy atom. The summed E-state index contributed by atoms with van der Waals surface area (Å²) in [5.74, 6) is -0.662. The molecule has 0 aromatic heterocycles. The molecule has 0 radical (unpaired) electrons. The van der Waals surface area contributed by atoms with Gasteiger partial charge in [0, 0.05) is 43.3 Å². The van der Waals surface area contributed by atoms with Gasteiger partial charge in [-0.05, 0) is 105 Å². The molecule has 2 saturated carbocycles. The molecule has 0 heterocycles. The summed E-state index contributed by atoms with van der Waals surface area (Å²) in [6.45, 7) is 7.58. The van der Waals surface area contributed by atoms with E-state index in [0.29, 0.717) is 48.3 Å². The predicted molar refractivity (Wildman–Crippen MR) is 189 cm³/mol. The van der Waals surface area contributed by atoms with Gasteiger partial charge in [0.2, 0.25) is 0 Å². The normalized spacial score (nSPS) is 17.9. The molecule has 3 atom stereocenters. The summed E-state index contributed by atoms with van der Waals surface area (Å²) in [5, 5.41) is 3.79. The molecular weight excluding hydrogens is 608 g/mol. The standard InChI is InChI=1S/C40H59F2N3O3/c1-4-18-45(19-5-2)39(46)32-20-28(3)21-33(25-32)40(47)48-38(36(43)24-30-22-34(41)26-35(42)23-30)27-44-37(31-14-10-7-11-15-31)17-16-29-12-8-6-9-13-29/h20-23,25-26,29,31,36-38,44H,4-19,24,27,43H2,1-3H3. The summed E-state index contributed by atoms with van der Waals surface area (Å²) < 4.78 is 34.4. The fraction of sp³-hybridized carbons (Fsp3) is 0.650. The van der Waals surface area contributed by atoms with Gasteiger partial charge in [-0.1, -0.05) is 65.2 Å². The van der Waals surface area contributed by atoms with Gasteiger partial charge in [-0.25, -0.2) is 13.6 Å². The number of nitrogens with two attached hydrogens (primary N) is 1. The number of esters is 1. The fourth-order valence-corrected chi connectivity index (χ4v) is 7.88. The number of carbonyl (C=O) groups excluding carboxylic acids is 2. The van der Waals surface area contributed by atoms with E-state index in [1.54, 1.807) is 12.1 Å². The van der Waals surface area contributed by atoms with E-state index in [9.17, 15) is 18.4 Å². The molecule has 2 aromatic rings. The highest BCUT2D eigenvalue weighted by Crippen LogP contribution is 2.32. The third-order valence-electron chi connectivity index (χ3n) is 10.4. The third-order valence-corrected chi connectivity index (χ3v) is 10.4. The second kappa shape index (κ2) is 19.4. The van der Waals surface area contributed by atoms with Gasteiger partial charge in [0.25, 0.3) is 5.91 Å². The van der Waals surface area contributed by atoms with Crippen molar-refractivity contribution in [3.63, 3.8) is 0 Å². The average molecular weight is 668 g/mol. The van der Waals surface area contributed by atoms with Crippen molar-refractivity contribution in [3.8, 4) is 0 Å². The first-order valence-electron chi connectivity index (χ1n) is 18.7. The average Bonchev–Trinajstić information content (AvgIpc) is 3.07. The van der Waals surface area contributed by atoms with Crippen molar-refractivity contribution < 1.29 is 23.1 Å². The minimum absolute atomic E-state index is 0.104. The number of hydrogen-bond acceptors (Lipinski definition) is 5. The summed E-state index contributed by atoms with van der Waals surface area (Å²) >= 11 is 0. The highest BCUT2D eigenvalue weighted by atomic mass is 19.1. The van der Waals surface area contributed by atoms with Crippen molar-refractivity contribution in [1.82, 2.24) is 10.2 Å². The van der Waals surface area contributed by atoms with Gasteiger partial charge in [0.1, 0.15) is 17.7 Å². The lowest BCUT2D eigenvalue weighted by Crippen LogP contribution is -2.49. The zero-order chi connectivity index (χ0) is 34.5. The molecule has 0 spiro atoms. The van der Waals surface area contributed by atoms with Crippen LogP contribution in [0.15, 0.2) is 36.4 Å². The quantitative estimate of drug-likeness (QED) is 0.165. The van der Waals surface area contributed by atoms with Crippen molar-refractivity contribution >= 4 is 11.9 Å². The maximum atomic E-state index is 14.1. The molecule has 0 saturated heterocycles. The maximum Gasteiger partial charge on any atom is 0.338 e. The number of carbonyl (C=O) groups is 2. The van der Waals surface area contributed by atoms with E-state index < -0.39 is 29.7 Å². The zero-order valence-corrected chi connectivity index (χ0v) is 29.6. The molecule has 48 heavy (non-hydrogen) atoms. The molecule has 266 valence electrons. The summed E-state index contributed by atoms with van der Waals surface area (Å²) in [4.78, 5) is 29.0. The molecule has 3 unspecified atom stereocenters. The van der Waals surface area contributed by atoms with Crippen LogP contribution in [0.5, 0.6) is 0 Å². The maximum absolute atomic E-state index is 14.1. The Hall–Kier alpha value is -2.84. The van der Waals surface area contributed by atoms with Crippen LogP contribution in [0.2, 0.25) is 0 Å². The first-order chi connectivity index (χ1) is 23.2. The number of amides is 1. The highest BCUT2D eigenvalue weighted by molar-refractivity contribution is 5.98. The van der Waals surface area contributed by atoms with Gasteiger partial charge in [-0.2, -0.15) is 0 Å². The van der Waals surface area contributed by atoms with Crippen LogP contribution in [-0.4, -0.2) is 54.6 Å². The second-order valence-electron chi connectivity index (χ2n) is 14.5. The van der Waals surface area contributed by atoms with E-state index in [-0.39, 0.29) is 12.3 Å². The van der Waals surface area contributed by atoms with Crippen molar-refractivity contribution in [2.75, 3.05) is 19.6 Å². The number of aryl methyl sites for hydroxylation is 1. The van der Waals surface area contributed by atoms with Crippen LogP contribution in [-0.2, 0) is 11.2 Å². The number of ether oxygens (including phenoxy) is 1. The lowest BCUT2D eigenvalue weighted by molar-refractivity contribution is 0.0221. The molecule has 4 rings (SSSR count).